The lowest BCUT2D eigenvalue weighted by atomic mass is 10.2. The standard InChI is InChI=1S/C16H19N3O3S/c1-13-5-7-15(8-6-13)23(21,22)19(2)12-16(20)18-11-14-4-3-9-17-10-14/h3-10H,11-12H2,1-2H3,(H,18,20). The molecule has 0 aliphatic carbocycles. The van der Waals surface area contributed by atoms with Crippen LogP contribution < -0.4 is 5.32 Å². The van der Waals surface area contributed by atoms with E-state index in [1.165, 1.54) is 19.2 Å². The van der Waals surface area contributed by atoms with Crippen molar-refractivity contribution in [2.24, 2.45) is 0 Å². The Morgan fingerprint density at radius 3 is 2.52 bits per heavy atom. The minimum absolute atomic E-state index is 0.172. The van der Waals surface area contributed by atoms with E-state index in [-0.39, 0.29) is 17.3 Å². The summed E-state index contributed by atoms with van der Waals surface area (Å²) in [5.74, 6) is -0.368. The van der Waals surface area contributed by atoms with Crippen LogP contribution in [0.1, 0.15) is 11.1 Å². The van der Waals surface area contributed by atoms with Crippen LogP contribution in [0.3, 0.4) is 0 Å². The van der Waals surface area contributed by atoms with Crippen LogP contribution in [0.5, 0.6) is 0 Å². The molecule has 0 aliphatic heterocycles. The summed E-state index contributed by atoms with van der Waals surface area (Å²) in [7, 11) is -2.29. The summed E-state index contributed by atoms with van der Waals surface area (Å²) < 4.78 is 25.8. The Labute approximate surface area is 136 Å². The van der Waals surface area contributed by atoms with Crippen molar-refractivity contribution in [2.75, 3.05) is 13.6 Å². The lowest BCUT2D eigenvalue weighted by Crippen LogP contribution is -2.38. The number of carbonyl (C=O) groups is 1. The number of hydrogen-bond donors (Lipinski definition) is 1. The Kier molecular flexibility index (Phi) is 5.46. The summed E-state index contributed by atoms with van der Waals surface area (Å²) in [6.07, 6.45) is 3.29. The van der Waals surface area contributed by atoms with Crippen molar-refractivity contribution in [3.05, 3.63) is 59.9 Å². The van der Waals surface area contributed by atoms with Crippen LogP contribution in [0.4, 0.5) is 0 Å². The van der Waals surface area contributed by atoms with Gasteiger partial charge in [0.1, 0.15) is 0 Å². The normalized spacial score (nSPS) is 11.4. The number of nitrogens with one attached hydrogen (secondary N) is 1. The smallest absolute Gasteiger partial charge is 0.243 e. The second-order valence-corrected chi connectivity index (χ2v) is 7.26. The Morgan fingerprint density at radius 2 is 1.91 bits per heavy atom. The lowest BCUT2D eigenvalue weighted by Gasteiger charge is -2.17. The van der Waals surface area contributed by atoms with Crippen molar-refractivity contribution in [3.8, 4) is 0 Å². The first-order valence-electron chi connectivity index (χ1n) is 7.08. The number of hydrogen-bond acceptors (Lipinski definition) is 4. The van der Waals surface area contributed by atoms with E-state index in [1.807, 2.05) is 13.0 Å². The number of aryl methyl sites for hydroxylation is 1. The molecule has 0 aliphatic rings. The zero-order chi connectivity index (χ0) is 16.9. The first-order valence-corrected chi connectivity index (χ1v) is 8.52. The van der Waals surface area contributed by atoms with Gasteiger partial charge in [-0.15, -0.1) is 0 Å². The Hall–Kier alpha value is -2.25. The predicted molar refractivity (Wildman–Crippen MR) is 87.1 cm³/mol. The molecule has 6 nitrogen and oxygen atoms in total. The zero-order valence-electron chi connectivity index (χ0n) is 13.1. The quantitative estimate of drug-likeness (QED) is 0.865. The number of amides is 1. The fourth-order valence-electron chi connectivity index (χ4n) is 1.94. The van der Waals surface area contributed by atoms with E-state index < -0.39 is 10.0 Å². The molecule has 1 aromatic carbocycles. The fraction of sp³-hybridized carbons (Fsp3) is 0.250. The molecule has 0 fully saturated rings. The molecule has 122 valence electrons. The predicted octanol–water partition coefficient (Wildman–Crippen LogP) is 1.33. The summed E-state index contributed by atoms with van der Waals surface area (Å²) in [5, 5.41) is 2.68. The minimum atomic E-state index is -3.67. The minimum Gasteiger partial charge on any atom is -0.351 e. The first-order chi connectivity index (χ1) is 10.9. The fourth-order valence-corrected chi connectivity index (χ4v) is 3.06. The second-order valence-electron chi connectivity index (χ2n) is 5.21. The molecule has 2 aromatic rings. The summed E-state index contributed by atoms with van der Waals surface area (Å²) in [5.41, 5.74) is 1.82. The van der Waals surface area contributed by atoms with Crippen molar-refractivity contribution in [1.29, 1.82) is 0 Å². The maximum atomic E-state index is 12.4. The largest absolute Gasteiger partial charge is 0.351 e. The van der Waals surface area contributed by atoms with Gasteiger partial charge in [-0.3, -0.25) is 9.78 Å². The van der Waals surface area contributed by atoms with E-state index in [1.54, 1.807) is 30.6 Å². The average molecular weight is 333 g/mol. The molecule has 0 spiro atoms. The number of nitrogens with zero attached hydrogens (tertiary/aromatic N) is 2. The van der Waals surface area contributed by atoms with E-state index in [0.717, 1.165) is 15.4 Å². The SMILES string of the molecule is Cc1ccc(S(=O)(=O)N(C)CC(=O)NCc2cccnc2)cc1. The van der Waals surface area contributed by atoms with Crippen molar-refractivity contribution in [3.63, 3.8) is 0 Å². The summed E-state index contributed by atoms with van der Waals surface area (Å²) in [4.78, 5) is 16.0. The number of sulfonamides is 1. The van der Waals surface area contributed by atoms with E-state index in [9.17, 15) is 13.2 Å². The molecular weight excluding hydrogens is 314 g/mol. The van der Waals surface area contributed by atoms with E-state index in [2.05, 4.69) is 10.3 Å². The van der Waals surface area contributed by atoms with Gasteiger partial charge in [-0.2, -0.15) is 4.31 Å². The van der Waals surface area contributed by atoms with E-state index >= 15 is 0 Å². The van der Waals surface area contributed by atoms with Crippen LogP contribution in [-0.4, -0.2) is 37.2 Å². The van der Waals surface area contributed by atoms with Gasteiger partial charge < -0.3 is 5.32 Å². The molecule has 2 rings (SSSR count). The number of likely N-dealkylation sites (N-methyl/N-ethyl adjacent to an activating group) is 1. The Bertz CT molecular complexity index is 759. The molecule has 0 atom stereocenters. The molecule has 7 heteroatoms. The van der Waals surface area contributed by atoms with Crippen LogP contribution in [0, 0.1) is 6.92 Å². The van der Waals surface area contributed by atoms with Gasteiger partial charge in [0.05, 0.1) is 11.4 Å². The third-order valence-electron chi connectivity index (χ3n) is 3.31. The van der Waals surface area contributed by atoms with Crippen LogP contribution in [0.15, 0.2) is 53.7 Å². The van der Waals surface area contributed by atoms with Gasteiger partial charge in [-0.05, 0) is 30.7 Å². The number of benzene rings is 1. The summed E-state index contributed by atoms with van der Waals surface area (Å²) in [6.45, 7) is 1.95. The van der Waals surface area contributed by atoms with Gasteiger partial charge in [-0.25, -0.2) is 8.42 Å². The molecule has 0 radical (unpaired) electrons. The van der Waals surface area contributed by atoms with Gasteiger partial charge >= 0.3 is 0 Å². The summed E-state index contributed by atoms with van der Waals surface area (Å²) >= 11 is 0. The molecule has 0 saturated carbocycles. The molecule has 1 amide bonds. The van der Waals surface area contributed by atoms with Gasteiger partial charge in [0, 0.05) is 26.0 Å². The number of rotatable bonds is 6. The van der Waals surface area contributed by atoms with Crippen LogP contribution >= 0.6 is 0 Å². The van der Waals surface area contributed by atoms with Crippen molar-refractivity contribution < 1.29 is 13.2 Å². The van der Waals surface area contributed by atoms with Gasteiger partial charge in [0.2, 0.25) is 15.9 Å². The number of pyridine rings is 1. The summed E-state index contributed by atoms with van der Waals surface area (Å²) in [6, 6.07) is 10.1. The highest BCUT2D eigenvalue weighted by molar-refractivity contribution is 7.89. The Morgan fingerprint density at radius 1 is 1.22 bits per heavy atom. The van der Waals surface area contributed by atoms with Crippen LogP contribution in [-0.2, 0) is 21.4 Å². The molecule has 0 saturated heterocycles. The maximum Gasteiger partial charge on any atom is 0.243 e. The monoisotopic (exact) mass is 333 g/mol. The molecule has 0 unspecified atom stereocenters. The molecule has 0 bridgehead atoms. The Balaban J connectivity index is 1.96. The van der Waals surface area contributed by atoms with Crippen molar-refractivity contribution in [2.45, 2.75) is 18.4 Å². The van der Waals surface area contributed by atoms with Gasteiger partial charge in [0.15, 0.2) is 0 Å². The highest BCUT2D eigenvalue weighted by Crippen LogP contribution is 2.14. The van der Waals surface area contributed by atoms with Crippen LogP contribution in [0.25, 0.3) is 0 Å². The maximum absolute atomic E-state index is 12.4. The van der Waals surface area contributed by atoms with E-state index in [0.29, 0.717) is 6.54 Å². The molecule has 23 heavy (non-hydrogen) atoms. The molecule has 1 aromatic heterocycles. The van der Waals surface area contributed by atoms with Crippen molar-refractivity contribution in [1.82, 2.24) is 14.6 Å². The van der Waals surface area contributed by atoms with E-state index in [4.69, 9.17) is 0 Å². The van der Waals surface area contributed by atoms with Crippen LogP contribution in [0.2, 0.25) is 0 Å². The third-order valence-corrected chi connectivity index (χ3v) is 5.13. The highest BCUT2D eigenvalue weighted by Gasteiger charge is 2.22. The zero-order valence-corrected chi connectivity index (χ0v) is 13.9. The highest BCUT2D eigenvalue weighted by atomic mass is 32.2. The first kappa shape index (κ1) is 17.1. The van der Waals surface area contributed by atoms with Crippen molar-refractivity contribution >= 4 is 15.9 Å². The molecular formula is C16H19N3O3S. The second kappa shape index (κ2) is 7.34. The van der Waals surface area contributed by atoms with Gasteiger partial charge in [0.25, 0.3) is 0 Å². The average Bonchev–Trinajstić information content (AvgIpc) is 2.54. The molecule has 1 N–H and O–H groups in total. The topological polar surface area (TPSA) is 79.4 Å². The van der Waals surface area contributed by atoms with Gasteiger partial charge in [-0.1, -0.05) is 23.8 Å². The number of aromatic nitrogens is 1. The lowest BCUT2D eigenvalue weighted by molar-refractivity contribution is -0.121. The molecule has 1 heterocycles. The number of carbonyl (C=O) groups excluding carboxylic acids is 1. The third kappa shape index (κ3) is 4.61.